The van der Waals surface area contributed by atoms with Gasteiger partial charge in [-0.2, -0.15) is 0 Å². The van der Waals surface area contributed by atoms with Crippen molar-refractivity contribution in [3.05, 3.63) is 0 Å². The van der Waals surface area contributed by atoms with Crippen LogP contribution in [0.2, 0.25) is 0 Å². The number of carboxylic acids is 1. The fraction of sp³-hybridized carbons (Fsp3) is 0.882. The van der Waals surface area contributed by atoms with Crippen LogP contribution in [-0.4, -0.2) is 22.6 Å². The Morgan fingerprint density at radius 2 is 1.62 bits per heavy atom. The third kappa shape index (κ3) is 2.69. The molecule has 0 saturated heterocycles. The van der Waals surface area contributed by atoms with Crippen LogP contribution in [0.4, 0.5) is 0 Å². The summed E-state index contributed by atoms with van der Waals surface area (Å²) < 4.78 is 5.90. The molecule has 4 fully saturated rings. The van der Waals surface area contributed by atoms with E-state index in [4.69, 9.17) is 4.74 Å². The normalized spacial score (nSPS) is 39.8. The van der Waals surface area contributed by atoms with Gasteiger partial charge in [0.2, 0.25) is 0 Å². The second-order valence-electron chi connectivity index (χ2n) is 7.97. The summed E-state index contributed by atoms with van der Waals surface area (Å²) in [5.41, 5.74) is -1.27. The molecule has 4 bridgehead atoms. The van der Waals surface area contributed by atoms with Gasteiger partial charge in [0.05, 0.1) is 11.8 Å². The van der Waals surface area contributed by atoms with Crippen molar-refractivity contribution in [3.63, 3.8) is 0 Å². The Hall–Kier alpha value is -1.06. The summed E-state index contributed by atoms with van der Waals surface area (Å²) in [4.78, 5) is 23.7. The molecule has 4 saturated carbocycles. The standard InChI is InChI=1S/C17H26O4/c1-3-16(2,15(19)20)10-14(18)21-17-7-11-4-12(8-17)6-13(5-11)9-17/h11-13H,3-10H2,1-2H3,(H,19,20). The minimum atomic E-state index is -1.00. The van der Waals surface area contributed by atoms with Crippen molar-refractivity contribution in [3.8, 4) is 0 Å². The van der Waals surface area contributed by atoms with Gasteiger partial charge in [0.25, 0.3) is 0 Å². The maximum Gasteiger partial charge on any atom is 0.309 e. The molecule has 0 aromatic rings. The fourth-order valence-electron chi connectivity index (χ4n) is 5.10. The monoisotopic (exact) mass is 294 g/mol. The molecule has 0 heterocycles. The van der Waals surface area contributed by atoms with Gasteiger partial charge in [-0.25, -0.2) is 0 Å². The van der Waals surface area contributed by atoms with Crippen LogP contribution in [0.1, 0.15) is 65.2 Å². The van der Waals surface area contributed by atoms with Gasteiger partial charge in [0.15, 0.2) is 0 Å². The number of carbonyl (C=O) groups excluding carboxylic acids is 1. The largest absolute Gasteiger partial charge is 0.481 e. The van der Waals surface area contributed by atoms with Gasteiger partial charge in [0, 0.05) is 0 Å². The van der Waals surface area contributed by atoms with E-state index in [2.05, 4.69) is 0 Å². The summed E-state index contributed by atoms with van der Waals surface area (Å²) in [6, 6.07) is 0. The zero-order valence-electron chi connectivity index (χ0n) is 13.1. The third-order valence-corrected chi connectivity index (χ3v) is 6.14. The first-order valence-electron chi connectivity index (χ1n) is 8.29. The van der Waals surface area contributed by atoms with E-state index in [-0.39, 0.29) is 18.0 Å². The number of hydrogen-bond donors (Lipinski definition) is 1. The maximum absolute atomic E-state index is 12.3. The predicted molar refractivity (Wildman–Crippen MR) is 77.6 cm³/mol. The van der Waals surface area contributed by atoms with Crippen LogP contribution in [0.5, 0.6) is 0 Å². The Kier molecular flexibility index (Phi) is 3.53. The van der Waals surface area contributed by atoms with Crippen LogP contribution in [0.15, 0.2) is 0 Å². The van der Waals surface area contributed by atoms with E-state index in [1.807, 2.05) is 6.92 Å². The minimum Gasteiger partial charge on any atom is -0.481 e. The Balaban J connectivity index is 1.66. The first-order chi connectivity index (χ1) is 9.84. The van der Waals surface area contributed by atoms with E-state index in [1.54, 1.807) is 6.92 Å². The van der Waals surface area contributed by atoms with E-state index in [1.165, 1.54) is 19.3 Å². The van der Waals surface area contributed by atoms with E-state index in [0.29, 0.717) is 6.42 Å². The second kappa shape index (κ2) is 4.99. The van der Waals surface area contributed by atoms with E-state index < -0.39 is 11.4 Å². The van der Waals surface area contributed by atoms with Gasteiger partial charge in [-0.3, -0.25) is 9.59 Å². The molecule has 0 spiro atoms. The van der Waals surface area contributed by atoms with Crippen LogP contribution in [0.3, 0.4) is 0 Å². The zero-order valence-corrected chi connectivity index (χ0v) is 13.1. The summed E-state index contributed by atoms with van der Waals surface area (Å²) in [6.45, 7) is 3.45. The minimum absolute atomic E-state index is 0.0133. The highest BCUT2D eigenvalue weighted by molar-refractivity contribution is 5.82. The smallest absolute Gasteiger partial charge is 0.309 e. The van der Waals surface area contributed by atoms with Crippen molar-refractivity contribution < 1.29 is 19.4 Å². The molecule has 4 heteroatoms. The van der Waals surface area contributed by atoms with E-state index in [0.717, 1.165) is 37.0 Å². The first kappa shape index (κ1) is 14.9. The number of esters is 1. The molecule has 0 amide bonds. The average Bonchev–Trinajstić information content (AvgIpc) is 2.35. The van der Waals surface area contributed by atoms with Gasteiger partial charge >= 0.3 is 11.9 Å². The van der Waals surface area contributed by atoms with Crippen molar-refractivity contribution in [1.29, 1.82) is 0 Å². The molecular formula is C17H26O4. The molecule has 1 N–H and O–H groups in total. The lowest BCUT2D eigenvalue weighted by molar-refractivity contribution is -0.190. The maximum atomic E-state index is 12.3. The zero-order chi connectivity index (χ0) is 15.3. The topological polar surface area (TPSA) is 63.6 Å². The molecule has 0 aromatic heterocycles. The molecule has 21 heavy (non-hydrogen) atoms. The number of rotatable bonds is 5. The number of hydrogen-bond acceptors (Lipinski definition) is 3. The Bertz CT molecular complexity index is 420. The molecule has 0 aromatic carbocycles. The molecule has 1 unspecified atom stereocenters. The molecule has 4 nitrogen and oxygen atoms in total. The summed E-state index contributed by atoms with van der Waals surface area (Å²) in [6.07, 6.45) is 7.34. The van der Waals surface area contributed by atoms with Gasteiger partial charge < -0.3 is 9.84 Å². The molecule has 4 aliphatic rings. The summed E-state index contributed by atoms with van der Waals surface area (Å²) in [7, 11) is 0. The number of carbonyl (C=O) groups is 2. The van der Waals surface area contributed by atoms with Gasteiger partial charge in [-0.1, -0.05) is 6.92 Å². The highest BCUT2D eigenvalue weighted by Gasteiger charge is 2.53. The SMILES string of the molecule is CCC(C)(CC(=O)OC12CC3CC(CC(C3)C1)C2)C(=O)O. The van der Waals surface area contributed by atoms with Crippen LogP contribution in [-0.2, 0) is 14.3 Å². The quantitative estimate of drug-likeness (QED) is 0.789. The highest BCUT2D eigenvalue weighted by atomic mass is 16.6. The van der Waals surface area contributed by atoms with E-state index >= 15 is 0 Å². The van der Waals surface area contributed by atoms with Crippen molar-refractivity contribution >= 4 is 11.9 Å². The van der Waals surface area contributed by atoms with Crippen molar-refractivity contribution in [2.24, 2.45) is 23.2 Å². The van der Waals surface area contributed by atoms with Crippen LogP contribution in [0, 0.1) is 23.2 Å². The number of ether oxygens (including phenoxy) is 1. The lowest BCUT2D eigenvalue weighted by atomic mass is 9.54. The first-order valence-corrected chi connectivity index (χ1v) is 8.29. The van der Waals surface area contributed by atoms with E-state index in [9.17, 15) is 14.7 Å². The Morgan fingerprint density at radius 1 is 1.14 bits per heavy atom. The van der Waals surface area contributed by atoms with Crippen LogP contribution < -0.4 is 0 Å². The van der Waals surface area contributed by atoms with Gasteiger partial charge in [-0.05, 0) is 69.6 Å². The molecule has 4 aliphatic carbocycles. The van der Waals surface area contributed by atoms with Crippen molar-refractivity contribution in [2.75, 3.05) is 0 Å². The lowest BCUT2D eigenvalue weighted by Gasteiger charge is -2.55. The van der Waals surface area contributed by atoms with Crippen molar-refractivity contribution in [2.45, 2.75) is 70.8 Å². The highest BCUT2D eigenvalue weighted by Crippen LogP contribution is 2.57. The number of aliphatic carboxylic acids is 1. The molecule has 1 atom stereocenters. The fourth-order valence-corrected chi connectivity index (χ4v) is 5.10. The lowest BCUT2D eigenvalue weighted by Crippen LogP contribution is -2.53. The molecule has 118 valence electrons. The van der Waals surface area contributed by atoms with Gasteiger partial charge in [-0.15, -0.1) is 0 Å². The summed E-state index contributed by atoms with van der Waals surface area (Å²) >= 11 is 0. The Labute approximate surface area is 126 Å². The molecular weight excluding hydrogens is 268 g/mol. The molecule has 4 rings (SSSR count). The summed E-state index contributed by atoms with van der Waals surface area (Å²) in [5, 5.41) is 9.30. The summed E-state index contributed by atoms with van der Waals surface area (Å²) in [5.74, 6) is 0.944. The van der Waals surface area contributed by atoms with Crippen molar-refractivity contribution in [1.82, 2.24) is 0 Å². The van der Waals surface area contributed by atoms with Gasteiger partial charge in [0.1, 0.15) is 5.60 Å². The Morgan fingerprint density at radius 3 is 2.00 bits per heavy atom. The molecule has 0 aliphatic heterocycles. The van der Waals surface area contributed by atoms with Crippen LogP contribution >= 0.6 is 0 Å². The molecule has 0 radical (unpaired) electrons. The number of carboxylic acid groups (broad SMARTS) is 1. The predicted octanol–water partition coefficient (Wildman–Crippen LogP) is 3.39. The second-order valence-corrected chi connectivity index (χ2v) is 7.97. The third-order valence-electron chi connectivity index (χ3n) is 6.14. The van der Waals surface area contributed by atoms with Crippen LogP contribution in [0.25, 0.3) is 0 Å². The average molecular weight is 294 g/mol.